The highest BCUT2D eigenvalue weighted by molar-refractivity contribution is 5.91. The summed E-state index contributed by atoms with van der Waals surface area (Å²) >= 11 is 0. The van der Waals surface area contributed by atoms with Gasteiger partial charge in [-0.05, 0) is 60.9 Å². The molecule has 0 radical (unpaired) electrons. The van der Waals surface area contributed by atoms with Crippen molar-refractivity contribution < 1.29 is 18.4 Å². The first-order valence-corrected chi connectivity index (χ1v) is 8.03. The zero-order chi connectivity index (χ0) is 18.2. The summed E-state index contributed by atoms with van der Waals surface area (Å²) in [4.78, 5) is 23.8. The van der Waals surface area contributed by atoms with E-state index in [0.29, 0.717) is 17.8 Å². The third kappa shape index (κ3) is 6.71. The number of amides is 2. The lowest BCUT2D eigenvalue weighted by Gasteiger charge is -2.12. The maximum atomic E-state index is 12.8. The Morgan fingerprint density at radius 1 is 0.840 bits per heavy atom. The summed E-state index contributed by atoms with van der Waals surface area (Å²) in [5, 5.41) is 5.37. The lowest BCUT2D eigenvalue weighted by molar-refractivity contribution is -0.118. The summed E-state index contributed by atoms with van der Waals surface area (Å²) < 4.78 is 25.6. The smallest absolute Gasteiger partial charge is 0.224 e. The van der Waals surface area contributed by atoms with Gasteiger partial charge in [0.05, 0.1) is 0 Å². The zero-order valence-corrected chi connectivity index (χ0v) is 13.9. The van der Waals surface area contributed by atoms with Crippen LogP contribution >= 0.6 is 0 Å². The van der Waals surface area contributed by atoms with Crippen LogP contribution < -0.4 is 10.6 Å². The van der Waals surface area contributed by atoms with Gasteiger partial charge in [-0.25, -0.2) is 8.78 Å². The number of benzene rings is 2. The lowest BCUT2D eigenvalue weighted by Crippen LogP contribution is -2.17. The number of nitrogens with one attached hydrogen (secondary N) is 2. The van der Waals surface area contributed by atoms with Crippen molar-refractivity contribution in [3.8, 4) is 0 Å². The molecule has 2 aromatic carbocycles. The summed E-state index contributed by atoms with van der Waals surface area (Å²) in [6, 6.07) is 11.1. The van der Waals surface area contributed by atoms with E-state index in [1.54, 1.807) is 0 Å². The maximum Gasteiger partial charge on any atom is 0.224 e. The third-order valence-electron chi connectivity index (χ3n) is 3.65. The second-order valence-electron chi connectivity index (χ2n) is 5.96. The molecule has 0 aliphatic carbocycles. The predicted octanol–water partition coefficient (Wildman–Crippen LogP) is 4.35. The molecule has 0 saturated carbocycles. The van der Waals surface area contributed by atoms with Crippen molar-refractivity contribution in [2.75, 3.05) is 10.6 Å². The highest BCUT2D eigenvalue weighted by Crippen LogP contribution is 2.15. The Labute approximate surface area is 145 Å². The van der Waals surface area contributed by atoms with Crippen molar-refractivity contribution in [3.63, 3.8) is 0 Å². The van der Waals surface area contributed by atoms with Crippen LogP contribution in [-0.2, 0) is 9.59 Å². The van der Waals surface area contributed by atoms with Crippen molar-refractivity contribution >= 4 is 23.2 Å². The maximum absolute atomic E-state index is 12.8. The largest absolute Gasteiger partial charge is 0.326 e. The van der Waals surface area contributed by atoms with E-state index in [4.69, 9.17) is 0 Å². The normalized spacial score (nSPS) is 11.6. The van der Waals surface area contributed by atoms with Gasteiger partial charge in [0.2, 0.25) is 11.8 Å². The van der Waals surface area contributed by atoms with Crippen LogP contribution in [0.5, 0.6) is 0 Å². The molecule has 1 atom stereocenters. The van der Waals surface area contributed by atoms with Crippen LogP contribution in [0.4, 0.5) is 20.2 Å². The molecule has 0 bridgehead atoms. The summed E-state index contributed by atoms with van der Waals surface area (Å²) in [7, 11) is 0. The topological polar surface area (TPSA) is 58.2 Å². The molecule has 2 amide bonds. The van der Waals surface area contributed by atoms with Crippen molar-refractivity contribution in [1.82, 2.24) is 0 Å². The molecule has 0 spiro atoms. The third-order valence-corrected chi connectivity index (χ3v) is 3.65. The Bertz CT molecular complexity index is 715. The SMILES string of the molecule is C[C@@H](CCC(=O)Nc1ccc(F)cc1)CC(=O)Nc1ccc(F)cc1. The Morgan fingerprint density at radius 2 is 1.28 bits per heavy atom. The van der Waals surface area contributed by atoms with E-state index < -0.39 is 0 Å². The second-order valence-corrected chi connectivity index (χ2v) is 5.96. The first kappa shape index (κ1) is 18.6. The van der Waals surface area contributed by atoms with Gasteiger partial charge in [0.1, 0.15) is 11.6 Å². The molecule has 0 saturated heterocycles. The van der Waals surface area contributed by atoms with E-state index >= 15 is 0 Å². The van der Waals surface area contributed by atoms with Crippen LogP contribution in [0, 0.1) is 17.6 Å². The van der Waals surface area contributed by atoms with Gasteiger partial charge in [-0.15, -0.1) is 0 Å². The summed E-state index contributed by atoms with van der Waals surface area (Å²) in [6.07, 6.45) is 1.08. The minimum absolute atomic E-state index is 0.0133. The van der Waals surface area contributed by atoms with E-state index in [1.807, 2.05) is 6.92 Å². The van der Waals surface area contributed by atoms with Gasteiger partial charge in [0, 0.05) is 24.2 Å². The molecule has 2 rings (SSSR count). The molecule has 0 aliphatic heterocycles. The minimum atomic E-state index is -0.362. The quantitative estimate of drug-likeness (QED) is 0.783. The monoisotopic (exact) mass is 346 g/mol. The van der Waals surface area contributed by atoms with Crippen molar-refractivity contribution in [2.24, 2.45) is 5.92 Å². The van der Waals surface area contributed by atoms with Gasteiger partial charge < -0.3 is 10.6 Å². The van der Waals surface area contributed by atoms with Gasteiger partial charge in [0.25, 0.3) is 0 Å². The first-order valence-electron chi connectivity index (χ1n) is 8.03. The molecular weight excluding hydrogens is 326 g/mol. The second kappa shape index (κ2) is 8.92. The number of carbonyl (C=O) groups is 2. The fourth-order valence-corrected chi connectivity index (χ4v) is 2.30. The van der Waals surface area contributed by atoms with Crippen LogP contribution in [-0.4, -0.2) is 11.8 Å². The van der Waals surface area contributed by atoms with Gasteiger partial charge in [-0.1, -0.05) is 6.92 Å². The molecule has 2 N–H and O–H groups in total. The summed E-state index contributed by atoms with van der Waals surface area (Å²) in [6.45, 7) is 1.88. The van der Waals surface area contributed by atoms with Gasteiger partial charge in [-0.3, -0.25) is 9.59 Å². The molecule has 0 aliphatic rings. The van der Waals surface area contributed by atoms with E-state index in [9.17, 15) is 18.4 Å². The van der Waals surface area contributed by atoms with Crippen LogP contribution in [0.15, 0.2) is 48.5 Å². The van der Waals surface area contributed by atoms with Crippen molar-refractivity contribution in [2.45, 2.75) is 26.2 Å². The van der Waals surface area contributed by atoms with E-state index in [-0.39, 0.29) is 42.2 Å². The molecule has 6 heteroatoms. The Hall–Kier alpha value is -2.76. The molecular formula is C19H20F2N2O2. The molecule has 4 nitrogen and oxygen atoms in total. The number of halogens is 2. The van der Waals surface area contributed by atoms with E-state index in [2.05, 4.69) is 10.6 Å². The standard InChI is InChI=1S/C19H20F2N2O2/c1-13(12-19(25)23-17-9-5-15(21)6-10-17)2-11-18(24)22-16-7-3-14(20)4-8-16/h3-10,13H,2,11-12H2,1H3,(H,22,24)(H,23,25)/t13-/m0/s1. The first-order chi connectivity index (χ1) is 11.9. The van der Waals surface area contributed by atoms with Gasteiger partial charge in [0.15, 0.2) is 0 Å². The number of rotatable bonds is 7. The highest BCUT2D eigenvalue weighted by Gasteiger charge is 2.12. The molecule has 2 aromatic rings. The van der Waals surface area contributed by atoms with Gasteiger partial charge in [-0.2, -0.15) is 0 Å². The fraction of sp³-hybridized carbons (Fsp3) is 0.263. The molecule has 0 unspecified atom stereocenters. The highest BCUT2D eigenvalue weighted by atomic mass is 19.1. The zero-order valence-electron chi connectivity index (χ0n) is 13.9. The van der Waals surface area contributed by atoms with Crippen LogP contribution in [0.2, 0.25) is 0 Å². The Morgan fingerprint density at radius 3 is 1.76 bits per heavy atom. The molecule has 132 valence electrons. The Balaban J connectivity index is 1.71. The number of anilines is 2. The lowest BCUT2D eigenvalue weighted by atomic mass is 10.0. The summed E-state index contributed by atoms with van der Waals surface area (Å²) in [5.74, 6) is -1.08. The molecule has 0 fully saturated rings. The molecule has 0 aromatic heterocycles. The summed E-state index contributed by atoms with van der Waals surface area (Å²) in [5.41, 5.74) is 1.07. The molecule has 25 heavy (non-hydrogen) atoms. The predicted molar refractivity (Wildman–Crippen MR) is 93.1 cm³/mol. The fourth-order valence-electron chi connectivity index (χ4n) is 2.30. The average Bonchev–Trinajstić information content (AvgIpc) is 2.57. The van der Waals surface area contributed by atoms with Crippen LogP contribution in [0.3, 0.4) is 0 Å². The van der Waals surface area contributed by atoms with Gasteiger partial charge >= 0.3 is 0 Å². The van der Waals surface area contributed by atoms with Crippen LogP contribution in [0.1, 0.15) is 26.2 Å². The number of hydrogen-bond acceptors (Lipinski definition) is 2. The molecule has 0 heterocycles. The van der Waals surface area contributed by atoms with Crippen molar-refractivity contribution in [3.05, 3.63) is 60.2 Å². The number of carbonyl (C=O) groups excluding carboxylic acids is 2. The van der Waals surface area contributed by atoms with Crippen LogP contribution in [0.25, 0.3) is 0 Å². The van der Waals surface area contributed by atoms with Crippen molar-refractivity contribution in [1.29, 1.82) is 0 Å². The average molecular weight is 346 g/mol. The minimum Gasteiger partial charge on any atom is -0.326 e. The number of hydrogen-bond donors (Lipinski definition) is 2. The van der Waals surface area contributed by atoms with E-state index in [0.717, 1.165) is 0 Å². The van der Waals surface area contributed by atoms with E-state index in [1.165, 1.54) is 48.5 Å². The Kier molecular flexibility index (Phi) is 6.62.